The van der Waals surface area contributed by atoms with Crippen molar-refractivity contribution in [3.05, 3.63) is 56.4 Å². The monoisotopic (exact) mass is 311 g/mol. The Balaban J connectivity index is 2.90. The molecular weight excluding hydrogens is 300 g/mol. The summed E-state index contributed by atoms with van der Waals surface area (Å²) in [5, 5.41) is 12.5. The van der Waals surface area contributed by atoms with E-state index in [1.807, 2.05) is 0 Å². The number of hydrogen-bond acceptors (Lipinski definition) is 4. The number of hydrogen-bond donors (Lipinski definition) is 1. The SMILES string of the molecule is CC(C)n1nc(C(=O)O)c(=O)n(-c2ccc(F)c(F)c2)c1=O. The first-order valence-corrected chi connectivity index (χ1v) is 6.18. The van der Waals surface area contributed by atoms with Gasteiger partial charge in [0.2, 0.25) is 5.69 Å². The summed E-state index contributed by atoms with van der Waals surface area (Å²) in [6.07, 6.45) is 0. The topological polar surface area (TPSA) is 94.2 Å². The summed E-state index contributed by atoms with van der Waals surface area (Å²) in [5.74, 6) is -4.06. The smallest absolute Gasteiger partial charge is 0.362 e. The lowest BCUT2D eigenvalue weighted by Gasteiger charge is -2.13. The molecule has 1 heterocycles. The molecule has 0 unspecified atom stereocenters. The Morgan fingerprint density at radius 1 is 1.23 bits per heavy atom. The van der Waals surface area contributed by atoms with E-state index in [1.165, 1.54) is 0 Å². The van der Waals surface area contributed by atoms with Crippen molar-refractivity contribution in [1.29, 1.82) is 0 Å². The molecule has 0 saturated carbocycles. The molecule has 0 radical (unpaired) electrons. The van der Waals surface area contributed by atoms with Gasteiger partial charge in [-0.1, -0.05) is 0 Å². The number of halogens is 2. The van der Waals surface area contributed by atoms with Crippen molar-refractivity contribution in [2.24, 2.45) is 0 Å². The lowest BCUT2D eigenvalue weighted by atomic mass is 10.3. The van der Waals surface area contributed by atoms with Gasteiger partial charge in [-0.15, -0.1) is 0 Å². The minimum Gasteiger partial charge on any atom is -0.476 e. The minimum absolute atomic E-state index is 0.284. The van der Waals surface area contributed by atoms with E-state index in [0.29, 0.717) is 10.6 Å². The van der Waals surface area contributed by atoms with E-state index in [1.54, 1.807) is 13.8 Å². The Kier molecular flexibility index (Phi) is 3.89. The number of carboxylic acids is 1. The molecule has 0 fully saturated rings. The average Bonchev–Trinajstić information content (AvgIpc) is 2.42. The second-order valence-corrected chi connectivity index (χ2v) is 4.71. The van der Waals surface area contributed by atoms with Crippen LogP contribution in [0.25, 0.3) is 5.69 Å². The molecule has 22 heavy (non-hydrogen) atoms. The van der Waals surface area contributed by atoms with Crippen molar-refractivity contribution in [2.75, 3.05) is 0 Å². The lowest BCUT2D eigenvalue weighted by Crippen LogP contribution is -2.44. The van der Waals surface area contributed by atoms with Gasteiger partial charge in [0.05, 0.1) is 11.7 Å². The zero-order valence-electron chi connectivity index (χ0n) is 11.6. The Morgan fingerprint density at radius 2 is 1.86 bits per heavy atom. The quantitative estimate of drug-likeness (QED) is 0.911. The molecular formula is C13H11F2N3O4. The van der Waals surface area contributed by atoms with Crippen LogP contribution in [0.2, 0.25) is 0 Å². The molecule has 0 amide bonds. The largest absolute Gasteiger partial charge is 0.476 e. The van der Waals surface area contributed by atoms with Crippen molar-refractivity contribution < 1.29 is 18.7 Å². The summed E-state index contributed by atoms with van der Waals surface area (Å²) < 4.78 is 27.5. The van der Waals surface area contributed by atoms with Crippen molar-refractivity contribution in [2.45, 2.75) is 19.9 Å². The van der Waals surface area contributed by atoms with Crippen LogP contribution in [0.4, 0.5) is 8.78 Å². The number of rotatable bonds is 3. The summed E-state index contributed by atoms with van der Waals surface area (Å²) in [6, 6.07) is 1.83. The van der Waals surface area contributed by atoms with Crippen LogP contribution in [0.5, 0.6) is 0 Å². The van der Waals surface area contributed by atoms with Crippen LogP contribution in [0, 0.1) is 11.6 Å². The van der Waals surface area contributed by atoms with E-state index in [4.69, 9.17) is 5.11 Å². The number of aromatic carboxylic acids is 1. The normalized spacial score (nSPS) is 11.0. The van der Waals surface area contributed by atoms with Gasteiger partial charge in [-0.2, -0.15) is 5.10 Å². The predicted molar refractivity (Wildman–Crippen MR) is 71.4 cm³/mol. The zero-order chi connectivity index (χ0) is 16.6. The van der Waals surface area contributed by atoms with Crippen molar-refractivity contribution in [1.82, 2.24) is 14.3 Å². The fraction of sp³-hybridized carbons (Fsp3) is 0.231. The second kappa shape index (κ2) is 5.51. The van der Waals surface area contributed by atoms with Gasteiger partial charge in [0.25, 0.3) is 5.56 Å². The fourth-order valence-corrected chi connectivity index (χ4v) is 1.81. The Morgan fingerprint density at radius 3 is 2.36 bits per heavy atom. The van der Waals surface area contributed by atoms with Gasteiger partial charge in [-0.25, -0.2) is 27.6 Å². The molecule has 2 aromatic rings. The number of benzene rings is 1. The van der Waals surface area contributed by atoms with E-state index in [0.717, 1.165) is 16.8 Å². The molecule has 0 aliphatic heterocycles. The highest BCUT2D eigenvalue weighted by molar-refractivity contribution is 5.84. The second-order valence-electron chi connectivity index (χ2n) is 4.71. The highest BCUT2D eigenvalue weighted by Gasteiger charge is 2.21. The van der Waals surface area contributed by atoms with Crippen LogP contribution in [-0.4, -0.2) is 25.4 Å². The van der Waals surface area contributed by atoms with Crippen LogP contribution < -0.4 is 11.2 Å². The average molecular weight is 311 g/mol. The molecule has 116 valence electrons. The minimum atomic E-state index is -1.63. The van der Waals surface area contributed by atoms with E-state index in [9.17, 15) is 23.2 Å². The van der Waals surface area contributed by atoms with Gasteiger partial charge in [0.15, 0.2) is 11.6 Å². The molecule has 0 saturated heterocycles. The Labute approximate surface area is 122 Å². The Bertz CT molecular complexity index is 871. The van der Waals surface area contributed by atoms with Crippen molar-refractivity contribution in [3.63, 3.8) is 0 Å². The summed E-state index contributed by atoms with van der Waals surface area (Å²) in [6.45, 7) is 3.11. The lowest BCUT2D eigenvalue weighted by molar-refractivity contribution is 0.0683. The van der Waals surface area contributed by atoms with Gasteiger partial charge in [-0.3, -0.25) is 4.79 Å². The third-order valence-electron chi connectivity index (χ3n) is 2.85. The van der Waals surface area contributed by atoms with E-state index in [-0.39, 0.29) is 5.69 Å². The molecule has 0 aliphatic rings. The van der Waals surface area contributed by atoms with Crippen LogP contribution in [0.1, 0.15) is 30.4 Å². The number of carboxylic acid groups (broad SMARTS) is 1. The first-order chi connectivity index (χ1) is 10.2. The maximum atomic E-state index is 13.3. The standard InChI is InChI=1S/C13H11F2N3O4/c1-6(2)18-13(22)17(11(19)10(16-18)12(20)21)7-3-4-8(14)9(15)5-7/h3-6H,1-2H3,(H,20,21). The predicted octanol–water partition coefficient (Wildman–Crippen LogP) is 0.952. The first-order valence-electron chi connectivity index (χ1n) is 6.18. The highest BCUT2D eigenvalue weighted by Crippen LogP contribution is 2.10. The molecule has 0 atom stereocenters. The number of carbonyl (C=O) groups is 1. The summed E-state index contributed by atoms with van der Waals surface area (Å²) in [4.78, 5) is 35.4. The number of aromatic nitrogens is 3. The molecule has 0 aliphatic carbocycles. The molecule has 0 bridgehead atoms. The van der Waals surface area contributed by atoms with Gasteiger partial charge >= 0.3 is 11.7 Å². The third-order valence-corrected chi connectivity index (χ3v) is 2.85. The fourth-order valence-electron chi connectivity index (χ4n) is 1.81. The van der Waals surface area contributed by atoms with Crippen LogP contribution >= 0.6 is 0 Å². The molecule has 1 N–H and O–H groups in total. The number of nitrogens with zero attached hydrogens (tertiary/aromatic N) is 3. The first kappa shape index (κ1) is 15.5. The molecule has 1 aromatic carbocycles. The summed E-state index contributed by atoms with van der Waals surface area (Å²) >= 11 is 0. The molecule has 0 spiro atoms. The van der Waals surface area contributed by atoms with Gasteiger partial charge in [0.1, 0.15) is 0 Å². The molecule has 2 rings (SSSR count). The van der Waals surface area contributed by atoms with Crippen molar-refractivity contribution in [3.8, 4) is 5.69 Å². The van der Waals surface area contributed by atoms with E-state index in [2.05, 4.69) is 5.10 Å². The van der Waals surface area contributed by atoms with E-state index >= 15 is 0 Å². The summed E-state index contributed by atoms with van der Waals surface area (Å²) in [7, 11) is 0. The van der Waals surface area contributed by atoms with Crippen LogP contribution in [0.3, 0.4) is 0 Å². The third kappa shape index (κ3) is 2.52. The van der Waals surface area contributed by atoms with E-state index < -0.39 is 40.6 Å². The van der Waals surface area contributed by atoms with Crippen LogP contribution in [0.15, 0.2) is 27.8 Å². The molecule has 9 heteroatoms. The zero-order valence-corrected chi connectivity index (χ0v) is 11.6. The maximum absolute atomic E-state index is 13.3. The maximum Gasteiger partial charge on any atom is 0.362 e. The van der Waals surface area contributed by atoms with Gasteiger partial charge < -0.3 is 5.11 Å². The highest BCUT2D eigenvalue weighted by atomic mass is 19.2. The molecule has 1 aromatic heterocycles. The van der Waals surface area contributed by atoms with Crippen LogP contribution in [-0.2, 0) is 0 Å². The summed E-state index contributed by atoms with van der Waals surface area (Å²) in [5.41, 5.74) is -3.34. The van der Waals surface area contributed by atoms with Gasteiger partial charge in [-0.05, 0) is 26.0 Å². The van der Waals surface area contributed by atoms with Gasteiger partial charge in [0, 0.05) is 6.07 Å². The molecule has 7 nitrogen and oxygen atoms in total. The Hall–Kier alpha value is -2.84. The van der Waals surface area contributed by atoms with Crippen molar-refractivity contribution >= 4 is 5.97 Å².